The SMILES string of the molecule is COc1cc(/C=C/C(=O)Nc2cccc(O)c2)ccc1OCC(C)C. The van der Waals surface area contributed by atoms with Crippen LogP contribution in [0.15, 0.2) is 48.5 Å². The number of ether oxygens (including phenoxy) is 2. The van der Waals surface area contributed by atoms with Gasteiger partial charge < -0.3 is 19.9 Å². The van der Waals surface area contributed by atoms with Crippen LogP contribution in [-0.2, 0) is 4.79 Å². The highest BCUT2D eigenvalue weighted by Gasteiger charge is 2.06. The van der Waals surface area contributed by atoms with Crippen molar-refractivity contribution in [2.24, 2.45) is 5.92 Å². The highest BCUT2D eigenvalue weighted by atomic mass is 16.5. The minimum atomic E-state index is -0.287. The Bertz CT molecular complexity index is 753. The van der Waals surface area contributed by atoms with Crippen molar-refractivity contribution in [3.63, 3.8) is 0 Å². The van der Waals surface area contributed by atoms with E-state index in [1.54, 1.807) is 31.4 Å². The lowest BCUT2D eigenvalue weighted by Gasteiger charge is -2.12. The summed E-state index contributed by atoms with van der Waals surface area (Å²) in [6.07, 6.45) is 3.11. The van der Waals surface area contributed by atoms with E-state index in [1.165, 1.54) is 12.1 Å². The Morgan fingerprint density at radius 1 is 1.20 bits per heavy atom. The van der Waals surface area contributed by atoms with E-state index in [0.29, 0.717) is 29.7 Å². The largest absolute Gasteiger partial charge is 0.508 e. The first-order valence-electron chi connectivity index (χ1n) is 8.07. The van der Waals surface area contributed by atoms with Gasteiger partial charge in [0.1, 0.15) is 5.75 Å². The van der Waals surface area contributed by atoms with Gasteiger partial charge in [0, 0.05) is 17.8 Å². The Morgan fingerprint density at radius 2 is 2.00 bits per heavy atom. The number of phenolic OH excluding ortho intramolecular Hbond substituents is 1. The summed E-state index contributed by atoms with van der Waals surface area (Å²) in [5, 5.41) is 12.1. The van der Waals surface area contributed by atoms with Crippen molar-refractivity contribution in [1.82, 2.24) is 0 Å². The molecule has 2 aromatic rings. The second-order valence-electron chi connectivity index (χ2n) is 5.99. The van der Waals surface area contributed by atoms with Gasteiger partial charge in [0.25, 0.3) is 0 Å². The number of carbonyl (C=O) groups excluding carboxylic acids is 1. The monoisotopic (exact) mass is 341 g/mol. The van der Waals surface area contributed by atoms with Crippen molar-refractivity contribution in [1.29, 1.82) is 0 Å². The molecule has 0 aromatic heterocycles. The topological polar surface area (TPSA) is 67.8 Å². The summed E-state index contributed by atoms with van der Waals surface area (Å²) < 4.78 is 11.1. The van der Waals surface area contributed by atoms with E-state index in [2.05, 4.69) is 19.2 Å². The zero-order valence-corrected chi connectivity index (χ0v) is 14.7. The van der Waals surface area contributed by atoms with Crippen molar-refractivity contribution in [3.05, 3.63) is 54.1 Å². The Morgan fingerprint density at radius 3 is 2.68 bits per heavy atom. The molecule has 25 heavy (non-hydrogen) atoms. The molecule has 0 aliphatic heterocycles. The van der Waals surface area contributed by atoms with E-state index in [9.17, 15) is 9.90 Å². The third kappa shape index (κ3) is 5.88. The predicted molar refractivity (Wildman–Crippen MR) is 99.1 cm³/mol. The number of hydrogen-bond acceptors (Lipinski definition) is 4. The van der Waals surface area contributed by atoms with E-state index in [4.69, 9.17) is 9.47 Å². The summed E-state index contributed by atoms with van der Waals surface area (Å²) in [4.78, 5) is 12.0. The quantitative estimate of drug-likeness (QED) is 0.745. The van der Waals surface area contributed by atoms with Gasteiger partial charge in [-0.25, -0.2) is 0 Å². The molecular formula is C20H23NO4. The molecule has 132 valence electrons. The average Bonchev–Trinajstić information content (AvgIpc) is 2.58. The van der Waals surface area contributed by atoms with Crippen molar-refractivity contribution < 1.29 is 19.4 Å². The molecule has 0 aliphatic rings. The molecule has 2 aromatic carbocycles. The Kier molecular flexibility index (Phi) is 6.46. The Hall–Kier alpha value is -2.95. The highest BCUT2D eigenvalue weighted by molar-refractivity contribution is 6.02. The fraction of sp³-hybridized carbons (Fsp3) is 0.250. The van der Waals surface area contributed by atoms with Gasteiger partial charge in [0.2, 0.25) is 5.91 Å². The molecule has 0 radical (unpaired) electrons. The molecule has 0 atom stereocenters. The van der Waals surface area contributed by atoms with E-state index in [0.717, 1.165) is 5.56 Å². The minimum absolute atomic E-state index is 0.100. The maximum absolute atomic E-state index is 12.0. The smallest absolute Gasteiger partial charge is 0.248 e. The second kappa shape index (κ2) is 8.78. The van der Waals surface area contributed by atoms with Crippen molar-refractivity contribution in [3.8, 4) is 17.2 Å². The van der Waals surface area contributed by atoms with Gasteiger partial charge >= 0.3 is 0 Å². The van der Waals surface area contributed by atoms with Gasteiger partial charge in [-0.3, -0.25) is 4.79 Å². The maximum atomic E-state index is 12.0. The lowest BCUT2D eigenvalue weighted by Crippen LogP contribution is -2.07. The first-order valence-corrected chi connectivity index (χ1v) is 8.07. The number of methoxy groups -OCH3 is 1. The number of carbonyl (C=O) groups is 1. The van der Waals surface area contributed by atoms with Gasteiger partial charge in [-0.15, -0.1) is 0 Å². The standard InChI is InChI=1S/C20H23NO4/c1-14(2)13-25-18-9-7-15(11-19(18)24-3)8-10-20(23)21-16-5-4-6-17(22)12-16/h4-12,14,22H,13H2,1-3H3,(H,21,23)/b10-8+. The van der Waals surface area contributed by atoms with Crippen LogP contribution in [0.2, 0.25) is 0 Å². The van der Waals surface area contributed by atoms with Gasteiger partial charge in [-0.1, -0.05) is 26.0 Å². The zero-order valence-electron chi connectivity index (χ0n) is 14.7. The molecule has 0 spiro atoms. The van der Waals surface area contributed by atoms with E-state index < -0.39 is 0 Å². The molecule has 0 fully saturated rings. The number of anilines is 1. The zero-order chi connectivity index (χ0) is 18.2. The van der Waals surface area contributed by atoms with Crippen LogP contribution < -0.4 is 14.8 Å². The highest BCUT2D eigenvalue weighted by Crippen LogP contribution is 2.29. The van der Waals surface area contributed by atoms with Crippen LogP contribution in [-0.4, -0.2) is 24.7 Å². The van der Waals surface area contributed by atoms with Crippen LogP contribution >= 0.6 is 0 Å². The van der Waals surface area contributed by atoms with Crippen LogP contribution in [0.5, 0.6) is 17.2 Å². The summed E-state index contributed by atoms with van der Waals surface area (Å²) in [5.41, 5.74) is 1.35. The molecule has 0 aliphatic carbocycles. The molecule has 0 bridgehead atoms. The second-order valence-corrected chi connectivity index (χ2v) is 5.99. The number of benzene rings is 2. The molecule has 0 heterocycles. The lowest BCUT2D eigenvalue weighted by atomic mass is 10.2. The van der Waals surface area contributed by atoms with E-state index >= 15 is 0 Å². The van der Waals surface area contributed by atoms with Crippen molar-refractivity contribution >= 4 is 17.7 Å². The predicted octanol–water partition coefficient (Wildman–Crippen LogP) is 4.09. The number of phenols is 1. The number of aromatic hydroxyl groups is 1. The molecule has 1 amide bonds. The molecular weight excluding hydrogens is 318 g/mol. The first-order chi connectivity index (χ1) is 12.0. The van der Waals surface area contributed by atoms with Crippen LogP contribution in [0.25, 0.3) is 6.08 Å². The number of nitrogens with one attached hydrogen (secondary N) is 1. The van der Waals surface area contributed by atoms with Crippen LogP contribution in [0.4, 0.5) is 5.69 Å². The van der Waals surface area contributed by atoms with Gasteiger partial charge in [-0.05, 0) is 41.8 Å². The van der Waals surface area contributed by atoms with Gasteiger partial charge in [0.15, 0.2) is 11.5 Å². The first kappa shape index (κ1) is 18.4. The Balaban J connectivity index is 2.03. The molecule has 2 rings (SSSR count). The maximum Gasteiger partial charge on any atom is 0.248 e. The molecule has 0 unspecified atom stereocenters. The summed E-state index contributed by atoms with van der Waals surface area (Å²) in [6.45, 7) is 4.77. The van der Waals surface area contributed by atoms with Crippen LogP contribution in [0, 0.1) is 5.92 Å². The summed E-state index contributed by atoms with van der Waals surface area (Å²) >= 11 is 0. The van der Waals surface area contributed by atoms with E-state index in [1.807, 2.05) is 18.2 Å². The van der Waals surface area contributed by atoms with Crippen LogP contribution in [0.3, 0.4) is 0 Å². The van der Waals surface area contributed by atoms with Crippen molar-refractivity contribution in [2.75, 3.05) is 19.0 Å². The number of hydrogen-bond donors (Lipinski definition) is 2. The van der Waals surface area contributed by atoms with Crippen LogP contribution in [0.1, 0.15) is 19.4 Å². The fourth-order valence-corrected chi connectivity index (χ4v) is 2.10. The molecule has 0 saturated heterocycles. The third-order valence-electron chi connectivity index (χ3n) is 3.30. The molecule has 5 nitrogen and oxygen atoms in total. The molecule has 2 N–H and O–H groups in total. The summed E-state index contributed by atoms with van der Waals surface area (Å²) in [7, 11) is 1.58. The van der Waals surface area contributed by atoms with E-state index in [-0.39, 0.29) is 11.7 Å². The normalized spacial score (nSPS) is 10.9. The number of rotatable bonds is 7. The van der Waals surface area contributed by atoms with Crippen molar-refractivity contribution in [2.45, 2.75) is 13.8 Å². The molecule has 5 heteroatoms. The molecule has 0 saturated carbocycles. The summed E-state index contributed by atoms with van der Waals surface area (Å²) in [6, 6.07) is 11.9. The van der Waals surface area contributed by atoms with Gasteiger partial charge in [-0.2, -0.15) is 0 Å². The average molecular weight is 341 g/mol. The van der Waals surface area contributed by atoms with Gasteiger partial charge in [0.05, 0.1) is 13.7 Å². The lowest BCUT2D eigenvalue weighted by molar-refractivity contribution is -0.111. The fourth-order valence-electron chi connectivity index (χ4n) is 2.10. The third-order valence-corrected chi connectivity index (χ3v) is 3.30. The summed E-state index contributed by atoms with van der Waals surface area (Å²) in [5.74, 6) is 1.53. The minimum Gasteiger partial charge on any atom is -0.508 e. The number of amides is 1. The Labute approximate surface area is 147 Å².